The highest BCUT2D eigenvalue weighted by Gasteiger charge is 2.29. The monoisotopic (exact) mass is 362 g/mol. The zero-order chi connectivity index (χ0) is 18.4. The van der Waals surface area contributed by atoms with Crippen LogP contribution in [0.2, 0.25) is 0 Å². The maximum absolute atomic E-state index is 12.5. The fraction of sp³-hybridized carbons (Fsp3) is 0.381. The van der Waals surface area contributed by atoms with E-state index >= 15 is 0 Å². The lowest BCUT2D eigenvalue weighted by molar-refractivity contribution is 0.234. The molecule has 138 valence electrons. The summed E-state index contributed by atoms with van der Waals surface area (Å²) < 4.78 is 5.52. The molecular weight excluding hydrogens is 340 g/mol. The summed E-state index contributed by atoms with van der Waals surface area (Å²) in [5.74, 6) is 2.12. The molecule has 0 atom stereocenters. The molecule has 3 aromatic rings. The van der Waals surface area contributed by atoms with E-state index in [1.165, 1.54) is 5.56 Å². The molecule has 2 aliphatic rings. The first-order valence-electron chi connectivity index (χ1n) is 9.52. The van der Waals surface area contributed by atoms with Gasteiger partial charge in [0.1, 0.15) is 5.82 Å². The Morgan fingerprint density at radius 1 is 1.26 bits per heavy atom. The Kier molecular flexibility index (Phi) is 3.93. The van der Waals surface area contributed by atoms with E-state index in [0.717, 1.165) is 59.9 Å². The predicted octanol–water partition coefficient (Wildman–Crippen LogP) is 3.17. The minimum Gasteiger partial charge on any atom is -0.356 e. The maximum atomic E-state index is 12.5. The van der Waals surface area contributed by atoms with Gasteiger partial charge in [-0.05, 0) is 19.8 Å². The minimum absolute atomic E-state index is 0.0205. The van der Waals surface area contributed by atoms with Gasteiger partial charge >= 0.3 is 0 Å². The number of nitrogens with zero attached hydrogens (tertiary/aromatic N) is 3. The molecule has 3 heterocycles. The Morgan fingerprint density at radius 3 is 2.85 bits per heavy atom. The number of hydrogen-bond acceptors (Lipinski definition) is 5. The van der Waals surface area contributed by atoms with Crippen molar-refractivity contribution in [1.29, 1.82) is 0 Å². The second-order valence-corrected chi connectivity index (χ2v) is 7.66. The van der Waals surface area contributed by atoms with E-state index in [0.29, 0.717) is 19.0 Å². The van der Waals surface area contributed by atoms with Crippen LogP contribution in [0.4, 0.5) is 0 Å². The van der Waals surface area contributed by atoms with Crippen LogP contribution < -0.4 is 5.56 Å². The summed E-state index contributed by atoms with van der Waals surface area (Å²) in [7, 11) is 0. The topological polar surface area (TPSA) is 75.0 Å². The van der Waals surface area contributed by atoms with E-state index in [2.05, 4.69) is 34.1 Å². The van der Waals surface area contributed by atoms with E-state index in [1.54, 1.807) is 0 Å². The second-order valence-electron chi connectivity index (χ2n) is 7.66. The molecule has 0 radical (unpaired) electrons. The highest BCUT2D eigenvalue weighted by Crippen LogP contribution is 2.37. The van der Waals surface area contributed by atoms with Crippen molar-refractivity contribution in [2.75, 3.05) is 6.54 Å². The standard InChI is InChI=1S/C21H22N4O2/c1-13-2-4-14(5-3-13)19-10-16(24-27-19)11-25-9-8-18-17(12-25)21(26)23-20(22-18)15-6-7-15/h2-5,10,15H,6-9,11-12H2,1H3,(H,22,23,26). The van der Waals surface area contributed by atoms with Gasteiger partial charge in [0.15, 0.2) is 5.76 Å². The van der Waals surface area contributed by atoms with Gasteiger partial charge in [0, 0.05) is 43.6 Å². The van der Waals surface area contributed by atoms with E-state index < -0.39 is 0 Å². The Bertz CT molecular complexity index is 1030. The molecule has 1 aromatic carbocycles. The Morgan fingerprint density at radius 2 is 2.07 bits per heavy atom. The number of nitrogens with one attached hydrogen (secondary N) is 1. The van der Waals surface area contributed by atoms with Crippen molar-refractivity contribution in [2.24, 2.45) is 0 Å². The molecule has 5 rings (SSSR count). The lowest BCUT2D eigenvalue weighted by atomic mass is 10.1. The van der Waals surface area contributed by atoms with Gasteiger partial charge in [-0.15, -0.1) is 0 Å². The van der Waals surface area contributed by atoms with Crippen molar-refractivity contribution in [1.82, 2.24) is 20.0 Å². The van der Waals surface area contributed by atoms with Gasteiger partial charge in [-0.25, -0.2) is 4.98 Å². The maximum Gasteiger partial charge on any atom is 0.255 e. The first-order valence-corrected chi connectivity index (χ1v) is 9.52. The molecule has 1 aliphatic heterocycles. The van der Waals surface area contributed by atoms with Crippen molar-refractivity contribution >= 4 is 0 Å². The number of fused-ring (bicyclic) bond motifs is 1. The van der Waals surface area contributed by atoms with Crippen molar-refractivity contribution in [3.8, 4) is 11.3 Å². The van der Waals surface area contributed by atoms with Gasteiger partial charge in [-0.2, -0.15) is 0 Å². The van der Waals surface area contributed by atoms with Gasteiger partial charge in [0.05, 0.1) is 17.0 Å². The van der Waals surface area contributed by atoms with Crippen LogP contribution in [0, 0.1) is 6.92 Å². The summed E-state index contributed by atoms with van der Waals surface area (Å²) in [5.41, 5.74) is 4.91. The summed E-state index contributed by atoms with van der Waals surface area (Å²) in [6.45, 7) is 4.21. The van der Waals surface area contributed by atoms with Gasteiger partial charge in [0.25, 0.3) is 5.56 Å². The first-order chi connectivity index (χ1) is 13.2. The lowest BCUT2D eigenvalue weighted by Crippen LogP contribution is -2.35. The molecule has 6 heteroatoms. The summed E-state index contributed by atoms with van der Waals surface area (Å²) in [6.07, 6.45) is 3.09. The molecule has 1 fully saturated rings. The number of rotatable bonds is 4. The lowest BCUT2D eigenvalue weighted by Gasteiger charge is -2.26. The van der Waals surface area contributed by atoms with Crippen LogP contribution in [0.25, 0.3) is 11.3 Å². The van der Waals surface area contributed by atoms with Crippen LogP contribution in [0.15, 0.2) is 39.6 Å². The Labute approximate surface area is 157 Å². The van der Waals surface area contributed by atoms with E-state index in [4.69, 9.17) is 9.51 Å². The van der Waals surface area contributed by atoms with Crippen LogP contribution in [-0.2, 0) is 19.5 Å². The molecule has 1 N–H and O–H groups in total. The summed E-state index contributed by atoms with van der Waals surface area (Å²) in [5, 5.41) is 4.21. The van der Waals surface area contributed by atoms with Crippen molar-refractivity contribution < 1.29 is 4.52 Å². The third-order valence-corrected chi connectivity index (χ3v) is 5.41. The SMILES string of the molecule is Cc1ccc(-c2cc(CN3CCc4nc(C5CC5)[nH]c(=O)c4C3)no2)cc1. The highest BCUT2D eigenvalue weighted by molar-refractivity contribution is 5.57. The highest BCUT2D eigenvalue weighted by atomic mass is 16.5. The molecular formula is C21H22N4O2. The predicted molar refractivity (Wildman–Crippen MR) is 101 cm³/mol. The minimum atomic E-state index is 0.0205. The van der Waals surface area contributed by atoms with Crippen molar-refractivity contribution in [3.05, 3.63) is 69.0 Å². The van der Waals surface area contributed by atoms with E-state index in [-0.39, 0.29) is 5.56 Å². The van der Waals surface area contributed by atoms with E-state index in [1.807, 2.05) is 18.2 Å². The zero-order valence-electron chi connectivity index (χ0n) is 15.4. The number of aromatic nitrogens is 3. The first kappa shape index (κ1) is 16.4. The average Bonchev–Trinajstić information content (AvgIpc) is 3.42. The fourth-order valence-corrected chi connectivity index (χ4v) is 3.65. The normalized spacial score (nSPS) is 17.1. The summed E-state index contributed by atoms with van der Waals surface area (Å²) in [6, 6.07) is 10.2. The third kappa shape index (κ3) is 3.32. The fourth-order valence-electron chi connectivity index (χ4n) is 3.65. The summed E-state index contributed by atoms with van der Waals surface area (Å²) >= 11 is 0. The number of H-pyrrole nitrogens is 1. The number of benzene rings is 1. The zero-order valence-corrected chi connectivity index (χ0v) is 15.4. The van der Waals surface area contributed by atoms with Gasteiger partial charge < -0.3 is 9.51 Å². The largest absolute Gasteiger partial charge is 0.356 e. The van der Waals surface area contributed by atoms with Gasteiger partial charge in [-0.3, -0.25) is 9.69 Å². The molecule has 0 bridgehead atoms. The molecule has 0 unspecified atom stereocenters. The second kappa shape index (κ2) is 6.46. The van der Waals surface area contributed by atoms with Gasteiger partial charge in [0.2, 0.25) is 0 Å². The van der Waals surface area contributed by atoms with Crippen molar-refractivity contribution in [3.63, 3.8) is 0 Å². The molecule has 2 aromatic heterocycles. The summed E-state index contributed by atoms with van der Waals surface area (Å²) in [4.78, 5) is 22.4. The van der Waals surface area contributed by atoms with Crippen LogP contribution in [0.3, 0.4) is 0 Å². The van der Waals surface area contributed by atoms with Crippen LogP contribution in [0.5, 0.6) is 0 Å². The molecule has 27 heavy (non-hydrogen) atoms. The van der Waals surface area contributed by atoms with E-state index in [9.17, 15) is 4.79 Å². The average molecular weight is 362 g/mol. The molecule has 6 nitrogen and oxygen atoms in total. The van der Waals surface area contributed by atoms with Gasteiger partial charge in [-0.1, -0.05) is 35.0 Å². The number of aromatic amines is 1. The van der Waals surface area contributed by atoms with Crippen LogP contribution in [-0.4, -0.2) is 26.6 Å². The molecule has 0 amide bonds. The molecule has 0 spiro atoms. The van der Waals surface area contributed by atoms with Crippen molar-refractivity contribution in [2.45, 2.75) is 45.2 Å². The van der Waals surface area contributed by atoms with Crippen LogP contribution in [0.1, 0.15) is 47.1 Å². The molecule has 1 saturated carbocycles. The third-order valence-electron chi connectivity index (χ3n) is 5.41. The number of hydrogen-bond donors (Lipinski definition) is 1. The Balaban J connectivity index is 1.31. The molecule has 1 aliphatic carbocycles. The van der Waals surface area contributed by atoms with Crippen LogP contribution >= 0.6 is 0 Å². The Hall–Kier alpha value is -2.73. The molecule has 0 saturated heterocycles. The smallest absolute Gasteiger partial charge is 0.255 e. The quantitative estimate of drug-likeness (QED) is 0.772. The number of aryl methyl sites for hydroxylation is 1.